The molecule has 2 amide bonds. The third kappa shape index (κ3) is 6.52. The summed E-state index contributed by atoms with van der Waals surface area (Å²) in [4.78, 5) is 47.0. The van der Waals surface area contributed by atoms with Gasteiger partial charge in [-0.3, -0.25) is 4.90 Å². The number of rotatable bonds is 4. The zero-order valence-corrected chi connectivity index (χ0v) is 31.8. The number of nitrogens with zero attached hydrogens (tertiary/aromatic N) is 4. The molecule has 0 bridgehead atoms. The van der Waals surface area contributed by atoms with Crippen LogP contribution in [0.3, 0.4) is 0 Å². The molecule has 2 saturated heterocycles. The Morgan fingerprint density at radius 1 is 0.804 bits per heavy atom. The average molecular weight is 705 g/mol. The number of carbonyl (C=O) groups excluding carboxylic acids is 2. The molecule has 2 aromatic heterocycles. The normalized spacial score (nSPS) is 22.8. The summed E-state index contributed by atoms with van der Waals surface area (Å²) in [6.07, 6.45) is 4.04. The molecule has 266 valence electrons. The number of hydrogen-bond acceptors (Lipinski definition) is 6. The first-order valence-corrected chi connectivity index (χ1v) is 21.5. The fourth-order valence-corrected chi connectivity index (χ4v) is 10.8. The van der Waals surface area contributed by atoms with Crippen LogP contribution < -0.4 is 0 Å². The Hall–Kier alpha value is -4.64. The van der Waals surface area contributed by atoms with Gasteiger partial charge in [-0.1, -0.05) is 55.6 Å². The van der Waals surface area contributed by atoms with Gasteiger partial charge in [-0.25, -0.2) is 19.6 Å². The standard InChI is InChI=1S/C40H48N6O4Si/c1-39(2,3)49-37(47)45-22-51(7,8)21-33(45)36-42-29-16-14-26-17-25(13-15-28(26)34(29)44-36)23-9-11-24(12-10-23)30-20-41-35(43-30)32-19-27-18-31(27)46(32)38(48)50-40(4,5)6/h9-17,20,27,31-33H,18-19,21-22H2,1-8H3,(H,41,43)(H,42,44)/t27-,31-,32+,33-/m0/s1. The van der Waals surface area contributed by atoms with Gasteiger partial charge in [0.1, 0.15) is 22.9 Å². The fourth-order valence-electron chi connectivity index (χ4n) is 7.96. The number of H-pyrrole nitrogens is 2. The van der Waals surface area contributed by atoms with Crippen molar-refractivity contribution in [2.24, 2.45) is 5.92 Å². The molecule has 0 spiro atoms. The van der Waals surface area contributed by atoms with Crippen LogP contribution >= 0.6 is 0 Å². The van der Waals surface area contributed by atoms with Gasteiger partial charge >= 0.3 is 12.2 Å². The van der Waals surface area contributed by atoms with Crippen molar-refractivity contribution in [1.29, 1.82) is 0 Å². The predicted molar refractivity (Wildman–Crippen MR) is 202 cm³/mol. The highest BCUT2D eigenvalue weighted by Gasteiger charge is 2.56. The number of nitrogens with one attached hydrogen (secondary N) is 2. The van der Waals surface area contributed by atoms with E-state index in [1.54, 1.807) is 0 Å². The van der Waals surface area contributed by atoms with Crippen LogP contribution in [0.2, 0.25) is 19.1 Å². The zero-order chi connectivity index (χ0) is 36.0. The molecule has 51 heavy (non-hydrogen) atoms. The topological polar surface area (TPSA) is 116 Å². The minimum absolute atomic E-state index is 0.0953. The number of aromatic amines is 2. The van der Waals surface area contributed by atoms with E-state index in [0.29, 0.717) is 5.92 Å². The second-order valence-corrected chi connectivity index (χ2v) is 22.5. The minimum Gasteiger partial charge on any atom is -0.444 e. The maximum atomic E-state index is 13.2. The lowest BCUT2D eigenvalue weighted by molar-refractivity contribution is 0.0173. The van der Waals surface area contributed by atoms with E-state index in [1.165, 1.54) is 0 Å². The molecule has 1 aliphatic carbocycles. The Morgan fingerprint density at radius 3 is 2.22 bits per heavy atom. The highest BCUT2D eigenvalue weighted by Crippen LogP contribution is 2.53. The monoisotopic (exact) mass is 704 g/mol. The number of aromatic nitrogens is 4. The average Bonchev–Trinajstić information content (AvgIpc) is 3.47. The molecule has 2 aliphatic heterocycles. The lowest BCUT2D eigenvalue weighted by Gasteiger charge is -2.29. The summed E-state index contributed by atoms with van der Waals surface area (Å²) < 4.78 is 11.5. The van der Waals surface area contributed by atoms with E-state index in [-0.39, 0.29) is 30.3 Å². The van der Waals surface area contributed by atoms with E-state index >= 15 is 0 Å². The van der Waals surface area contributed by atoms with E-state index in [1.807, 2.05) is 57.5 Å². The molecule has 11 heteroatoms. The van der Waals surface area contributed by atoms with Crippen molar-refractivity contribution in [2.45, 2.75) is 103 Å². The van der Waals surface area contributed by atoms with Crippen molar-refractivity contribution in [3.05, 3.63) is 72.4 Å². The van der Waals surface area contributed by atoms with Crippen LogP contribution in [0.4, 0.5) is 9.59 Å². The molecular formula is C40H48N6O4Si. The number of fused-ring (bicyclic) bond motifs is 4. The van der Waals surface area contributed by atoms with Crippen LogP contribution in [-0.2, 0) is 9.47 Å². The highest BCUT2D eigenvalue weighted by molar-refractivity contribution is 6.78. The van der Waals surface area contributed by atoms with Gasteiger partial charge in [0, 0.05) is 17.6 Å². The number of hydrogen-bond donors (Lipinski definition) is 2. The first-order valence-electron chi connectivity index (χ1n) is 18.1. The van der Waals surface area contributed by atoms with Gasteiger partial charge in [0.05, 0.1) is 43.1 Å². The van der Waals surface area contributed by atoms with Crippen molar-refractivity contribution in [3.63, 3.8) is 0 Å². The molecule has 10 nitrogen and oxygen atoms in total. The van der Waals surface area contributed by atoms with Crippen molar-refractivity contribution in [3.8, 4) is 22.4 Å². The summed E-state index contributed by atoms with van der Waals surface area (Å²) in [7, 11) is -1.64. The Morgan fingerprint density at radius 2 is 1.49 bits per heavy atom. The van der Waals surface area contributed by atoms with Crippen LogP contribution in [0.25, 0.3) is 44.2 Å². The first kappa shape index (κ1) is 33.5. The number of imidazole rings is 2. The lowest BCUT2D eigenvalue weighted by Crippen LogP contribution is -2.39. The molecule has 3 aliphatic rings. The van der Waals surface area contributed by atoms with Crippen molar-refractivity contribution in [1.82, 2.24) is 29.7 Å². The van der Waals surface area contributed by atoms with Crippen LogP contribution in [0.15, 0.2) is 60.8 Å². The van der Waals surface area contributed by atoms with Gasteiger partial charge < -0.3 is 24.3 Å². The van der Waals surface area contributed by atoms with Gasteiger partial charge in [-0.05, 0) is 101 Å². The van der Waals surface area contributed by atoms with Crippen molar-refractivity contribution < 1.29 is 19.1 Å². The fraction of sp³-hybridized carbons (Fsp3) is 0.450. The largest absolute Gasteiger partial charge is 0.444 e. The molecule has 5 aromatic rings. The Bertz CT molecular complexity index is 2160. The van der Waals surface area contributed by atoms with E-state index in [2.05, 4.69) is 77.7 Å². The van der Waals surface area contributed by atoms with Crippen LogP contribution in [0, 0.1) is 5.92 Å². The number of benzene rings is 3. The van der Waals surface area contributed by atoms with E-state index in [0.717, 1.165) is 80.9 Å². The molecule has 0 radical (unpaired) electrons. The number of piperidine rings is 1. The summed E-state index contributed by atoms with van der Waals surface area (Å²) in [5.41, 5.74) is 4.99. The van der Waals surface area contributed by atoms with Gasteiger partial charge in [0.15, 0.2) is 0 Å². The second-order valence-electron chi connectivity index (χ2n) is 17.5. The summed E-state index contributed by atoms with van der Waals surface area (Å²) >= 11 is 0. The zero-order valence-electron chi connectivity index (χ0n) is 30.8. The highest BCUT2D eigenvalue weighted by atomic mass is 28.3. The van der Waals surface area contributed by atoms with Crippen LogP contribution in [0.5, 0.6) is 0 Å². The number of amides is 2. The maximum Gasteiger partial charge on any atom is 0.411 e. The van der Waals surface area contributed by atoms with Gasteiger partial charge in [-0.2, -0.15) is 0 Å². The third-order valence-corrected chi connectivity index (χ3v) is 13.0. The number of likely N-dealkylation sites (tertiary alicyclic amines) is 1. The molecular weight excluding hydrogens is 657 g/mol. The predicted octanol–water partition coefficient (Wildman–Crippen LogP) is 9.38. The van der Waals surface area contributed by atoms with Crippen LogP contribution in [0.1, 0.15) is 78.1 Å². The summed E-state index contributed by atoms with van der Waals surface area (Å²) in [6, 6.07) is 20.2. The quantitative estimate of drug-likeness (QED) is 0.180. The Balaban J connectivity index is 1.01. The Labute approximate surface area is 299 Å². The molecule has 8 rings (SSSR count). The van der Waals surface area contributed by atoms with E-state index < -0.39 is 19.3 Å². The smallest absolute Gasteiger partial charge is 0.411 e. The molecule has 4 heterocycles. The first-order chi connectivity index (χ1) is 24.0. The van der Waals surface area contributed by atoms with E-state index in [9.17, 15) is 9.59 Å². The molecule has 1 saturated carbocycles. The Kier molecular flexibility index (Phi) is 7.68. The van der Waals surface area contributed by atoms with Crippen molar-refractivity contribution >= 4 is 42.1 Å². The number of ether oxygens (including phenoxy) is 2. The minimum atomic E-state index is -1.64. The summed E-state index contributed by atoms with van der Waals surface area (Å²) in [6.45, 7) is 16.1. The second kappa shape index (κ2) is 11.7. The molecule has 4 atom stereocenters. The van der Waals surface area contributed by atoms with Crippen molar-refractivity contribution in [2.75, 3.05) is 6.17 Å². The van der Waals surface area contributed by atoms with Crippen LogP contribution in [-0.4, -0.2) is 73.4 Å². The molecule has 0 unspecified atom stereocenters. The SMILES string of the molecule is CC(C)(C)OC(=O)N1C[Si](C)(C)C[C@H]1c1nc2c(ccc3cc(-c4ccc(-c5cnc([C@H]6C[C@@H]7C[C@@H]7N6C(=O)OC(C)(C)C)[nH]5)cc4)ccc32)[nH]1. The molecule has 3 fully saturated rings. The van der Waals surface area contributed by atoms with E-state index in [4.69, 9.17) is 19.4 Å². The van der Waals surface area contributed by atoms with Gasteiger partial charge in [-0.15, -0.1) is 0 Å². The number of carbonyl (C=O) groups is 2. The summed E-state index contributed by atoms with van der Waals surface area (Å²) in [5, 5.41) is 2.18. The summed E-state index contributed by atoms with van der Waals surface area (Å²) in [5.74, 6) is 2.16. The third-order valence-electron chi connectivity index (χ3n) is 10.3. The lowest BCUT2D eigenvalue weighted by atomic mass is 9.99. The molecule has 3 aromatic carbocycles. The van der Waals surface area contributed by atoms with Gasteiger partial charge in [0.25, 0.3) is 0 Å². The molecule has 2 N–H and O–H groups in total. The van der Waals surface area contributed by atoms with Gasteiger partial charge in [0.2, 0.25) is 0 Å². The maximum absolute atomic E-state index is 13.2.